The Balaban J connectivity index is 2.80. The topological polar surface area (TPSA) is 84.0 Å². The van der Waals surface area contributed by atoms with Crippen molar-refractivity contribution in [1.29, 1.82) is 0 Å². The van der Waals surface area contributed by atoms with E-state index < -0.39 is 10.2 Å². The van der Waals surface area contributed by atoms with Crippen molar-refractivity contribution >= 4 is 27.8 Å². The molecule has 6 nitrogen and oxygen atoms in total. The van der Waals surface area contributed by atoms with E-state index in [1.807, 2.05) is 6.92 Å². The van der Waals surface area contributed by atoms with Crippen molar-refractivity contribution in [2.45, 2.75) is 20.3 Å². The van der Waals surface area contributed by atoms with E-state index in [1.165, 1.54) is 0 Å². The Kier molecular flexibility index (Phi) is 4.45. The SMILES string of the molecule is CCCNS(=O)(=O)Nc1nc(C)cc(Cl)n1. The van der Waals surface area contributed by atoms with Gasteiger partial charge in [0.05, 0.1) is 0 Å². The summed E-state index contributed by atoms with van der Waals surface area (Å²) < 4.78 is 27.4. The van der Waals surface area contributed by atoms with Crippen molar-refractivity contribution in [2.24, 2.45) is 0 Å². The van der Waals surface area contributed by atoms with Crippen LogP contribution in [0, 0.1) is 6.92 Å². The second-order valence-corrected chi connectivity index (χ2v) is 5.04. The van der Waals surface area contributed by atoms with Gasteiger partial charge in [0.2, 0.25) is 5.95 Å². The number of halogens is 1. The zero-order chi connectivity index (χ0) is 12.2. The molecule has 90 valence electrons. The normalized spacial score (nSPS) is 11.4. The third-order valence-corrected chi connectivity index (χ3v) is 2.82. The summed E-state index contributed by atoms with van der Waals surface area (Å²) in [4.78, 5) is 7.65. The maximum absolute atomic E-state index is 11.4. The minimum Gasteiger partial charge on any atom is -0.238 e. The van der Waals surface area contributed by atoms with Gasteiger partial charge in [0.15, 0.2) is 0 Å². The predicted octanol–water partition coefficient (Wildman–Crippen LogP) is 1.09. The fourth-order valence-electron chi connectivity index (χ4n) is 0.968. The number of anilines is 1. The number of aryl methyl sites for hydroxylation is 1. The van der Waals surface area contributed by atoms with Crippen LogP contribution in [0.15, 0.2) is 6.07 Å². The molecule has 0 spiro atoms. The van der Waals surface area contributed by atoms with Crippen molar-refractivity contribution < 1.29 is 8.42 Å². The van der Waals surface area contributed by atoms with Gasteiger partial charge in [-0.1, -0.05) is 18.5 Å². The molecule has 0 saturated heterocycles. The summed E-state index contributed by atoms with van der Waals surface area (Å²) >= 11 is 5.68. The zero-order valence-corrected chi connectivity index (χ0v) is 10.6. The molecule has 0 unspecified atom stereocenters. The average Bonchev–Trinajstić information content (AvgIpc) is 2.12. The molecule has 8 heteroatoms. The number of rotatable bonds is 5. The first kappa shape index (κ1) is 13.1. The lowest BCUT2D eigenvalue weighted by Gasteiger charge is -2.07. The summed E-state index contributed by atoms with van der Waals surface area (Å²) in [5.74, 6) is -0.0337. The molecule has 0 atom stereocenters. The highest BCUT2D eigenvalue weighted by Gasteiger charge is 2.11. The molecule has 16 heavy (non-hydrogen) atoms. The van der Waals surface area contributed by atoms with Crippen LogP contribution in [-0.2, 0) is 10.2 Å². The quantitative estimate of drug-likeness (QED) is 0.780. The van der Waals surface area contributed by atoms with E-state index in [4.69, 9.17) is 11.6 Å². The molecule has 1 heterocycles. The van der Waals surface area contributed by atoms with Crippen LogP contribution < -0.4 is 9.44 Å². The first-order valence-electron chi connectivity index (χ1n) is 4.71. The molecule has 1 rings (SSSR count). The third-order valence-electron chi connectivity index (χ3n) is 1.59. The van der Waals surface area contributed by atoms with Crippen molar-refractivity contribution in [3.8, 4) is 0 Å². The molecule has 1 aromatic rings. The monoisotopic (exact) mass is 264 g/mol. The van der Waals surface area contributed by atoms with E-state index in [-0.39, 0.29) is 11.1 Å². The molecule has 0 amide bonds. The van der Waals surface area contributed by atoms with Crippen LogP contribution in [0.1, 0.15) is 19.0 Å². The fraction of sp³-hybridized carbons (Fsp3) is 0.500. The smallest absolute Gasteiger partial charge is 0.238 e. The first-order chi connectivity index (χ1) is 7.43. The molecule has 0 aliphatic rings. The standard InChI is InChI=1S/C8H13ClN4O2S/c1-3-4-10-16(14,15)13-8-11-6(2)5-7(9)12-8/h5,10H,3-4H2,1-2H3,(H,11,12,13). The molecule has 0 fully saturated rings. The van der Waals surface area contributed by atoms with E-state index >= 15 is 0 Å². The number of nitrogens with one attached hydrogen (secondary N) is 2. The van der Waals surface area contributed by atoms with E-state index in [1.54, 1.807) is 13.0 Å². The van der Waals surface area contributed by atoms with E-state index in [0.717, 1.165) is 0 Å². The van der Waals surface area contributed by atoms with E-state index in [0.29, 0.717) is 18.7 Å². The third kappa shape index (κ3) is 4.30. The Hall–Kier alpha value is -0.920. The highest BCUT2D eigenvalue weighted by atomic mass is 35.5. The molecule has 0 aliphatic carbocycles. The summed E-state index contributed by atoms with van der Waals surface area (Å²) in [6, 6.07) is 1.54. The Labute approximate surface area is 99.6 Å². The highest BCUT2D eigenvalue weighted by molar-refractivity contribution is 7.90. The second-order valence-electron chi connectivity index (χ2n) is 3.16. The summed E-state index contributed by atoms with van der Waals surface area (Å²) in [6.07, 6.45) is 0.705. The Morgan fingerprint density at radius 2 is 2.12 bits per heavy atom. The average molecular weight is 265 g/mol. The van der Waals surface area contributed by atoms with Crippen LogP contribution in [0.4, 0.5) is 5.95 Å². The Bertz CT molecular complexity index is 443. The lowest BCUT2D eigenvalue weighted by Crippen LogP contribution is -2.31. The van der Waals surface area contributed by atoms with Crippen molar-refractivity contribution in [3.63, 3.8) is 0 Å². The first-order valence-corrected chi connectivity index (χ1v) is 6.57. The molecular formula is C8H13ClN4O2S. The molecular weight excluding hydrogens is 252 g/mol. The van der Waals surface area contributed by atoms with Crippen molar-refractivity contribution in [2.75, 3.05) is 11.3 Å². The summed E-state index contributed by atoms with van der Waals surface area (Å²) in [6.45, 7) is 3.92. The molecule has 0 bridgehead atoms. The molecule has 0 aliphatic heterocycles. The van der Waals surface area contributed by atoms with Gasteiger partial charge in [-0.15, -0.1) is 0 Å². The maximum atomic E-state index is 11.4. The number of hydrogen-bond acceptors (Lipinski definition) is 4. The van der Waals surface area contributed by atoms with Gasteiger partial charge in [0.1, 0.15) is 5.15 Å². The zero-order valence-electron chi connectivity index (χ0n) is 8.99. The second kappa shape index (κ2) is 5.42. The van der Waals surface area contributed by atoms with Crippen molar-refractivity contribution in [3.05, 3.63) is 16.9 Å². The van der Waals surface area contributed by atoms with Crippen molar-refractivity contribution in [1.82, 2.24) is 14.7 Å². The van der Waals surface area contributed by atoms with Gasteiger partial charge in [-0.05, 0) is 19.4 Å². The summed E-state index contributed by atoms with van der Waals surface area (Å²) in [5.41, 5.74) is 0.591. The van der Waals surface area contributed by atoms with Crippen LogP contribution in [0.25, 0.3) is 0 Å². The maximum Gasteiger partial charge on any atom is 0.301 e. The van der Waals surface area contributed by atoms with E-state index in [2.05, 4.69) is 19.4 Å². The van der Waals surface area contributed by atoms with Crippen LogP contribution in [0.5, 0.6) is 0 Å². The minimum atomic E-state index is -3.61. The summed E-state index contributed by atoms with van der Waals surface area (Å²) in [5, 5.41) is 0.195. The molecule has 2 N–H and O–H groups in total. The molecule has 1 aromatic heterocycles. The molecule has 0 radical (unpaired) electrons. The van der Waals surface area contributed by atoms with Crippen LogP contribution >= 0.6 is 11.6 Å². The largest absolute Gasteiger partial charge is 0.301 e. The number of hydrogen-bond donors (Lipinski definition) is 2. The van der Waals surface area contributed by atoms with Gasteiger partial charge in [0.25, 0.3) is 0 Å². The Morgan fingerprint density at radius 1 is 1.44 bits per heavy atom. The highest BCUT2D eigenvalue weighted by Crippen LogP contribution is 2.10. The minimum absolute atomic E-state index is 0.0337. The molecule has 0 saturated carbocycles. The number of nitrogens with zero attached hydrogens (tertiary/aromatic N) is 2. The lowest BCUT2D eigenvalue weighted by molar-refractivity contribution is 0.586. The van der Waals surface area contributed by atoms with Gasteiger partial charge < -0.3 is 0 Å². The van der Waals surface area contributed by atoms with Gasteiger partial charge >= 0.3 is 10.2 Å². The van der Waals surface area contributed by atoms with Gasteiger partial charge in [-0.25, -0.2) is 14.7 Å². The van der Waals surface area contributed by atoms with Gasteiger partial charge in [-0.2, -0.15) is 13.1 Å². The van der Waals surface area contributed by atoms with Gasteiger partial charge in [0, 0.05) is 12.2 Å². The number of aromatic nitrogens is 2. The van der Waals surface area contributed by atoms with Crippen LogP contribution in [-0.4, -0.2) is 24.9 Å². The van der Waals surface area contributed by atoms with Crippen LogP contribution in [0.2, 0.25) is 5.15 Å². The van der Waals surface area contributed by atoms with Gasteiger partial charge in [-0.3, -0.25) is 0 Å². The predicted molar refractivity (Wildman–Crippen MR) is 62.6 cm³/mol. The van der Waals surface area contributed by atoms with Crippen LogP contribution in [0.3, 0.4) is 0 Å². The van der Waals surface area contributed by atoms with E-state index in [9.17, 15) is 8.42 Å². The fourth-order valence-corrected chi connectivity index (χ4v) is 2.08. The Morgan fingerprint density at radius 3 is 2.69 bits per heavy atom. The molecule has 0 aromatic carbocycles. The summed E-state index contributed by atoms with van der Waals surface area (Å²) in [7, 11) is -3.61. The lowest BCUT2D eigenvalue weighted by atomic mass is 10.5.